The third-order valence-electron chi connectivity index (χ3n) is 3.00. The molecule has 21 heavy (non-hydrogen) atoms. The molecule has 0 amide bonds. The van der Waals surface area contributed by atoms with E-state index in [4.69, 9.17) is 26.8 Å². The van der Waals surface area contributed by atoms with Crippen LogP contribution in [0.4, 0.5) is 5.69 Å². The minimum atomic E-state index is -0.240. The summed E-state index contributed by atoms with van der Waals surface area (Å²) in [4.78, 5) is 12.7. The minimum absolute atomic E-state index is 0.240. The largest absolute Gasteiger partial charge is 0.495 e. The Hall–Kier alpha value is -1.72. The summed E-state index contributed by atoms with van der Waals surface area (Å²) in [6.07, 6.45) is 0. The van der Waals surface area contributed by atoms with Crippen LogP contribution < -0.4 is 15.2 Å². The Morgan fingerprint density at radius 1 is 1.14 bits per heavy atom. The first-order valence-electron chi connectivity index (χ1n) is 6.00. The van der Waals surface area contributed by atoms with E-state index in [1.165, 1.54) is 14.2 Å². The maximum Gasteiger partial charge on any atom is 0.198 e. The second-order valence-electron chi connectivity index (χ2n) is 4.20. The number of hydrogen-bond donors (Lipinski definition) is 1. The van der Waals surface area contributed by atoms with Gasteiger partial charge in [0.1, 0.15) is 10.8 Å². The van der Waals surface area contributed by atoms with Gasteiger partial charge in [0, 0.05) is 11.3 Å². The van der Waals surface area contributed by atoms with Gasteiger partial charge in [0.05, 0.1) is 24.3 Å². The zero-order valence-electron chi connectivity index (χ0n) is 11.4. The molecule has 110 valence electrons. The van der Waals surface area contributed by atoms with Crippen LogP contribution in [0.2, 0.25) is 5.02 Å². The van der Waals surface area contributed by atoms with Gasteiger partial charge in [-0.1, -0.05) is 17.7 Å². The van der Waals surface area contributed by atoms with Crippen LogP contribution in [0.15, 0.2) is 34.8 Å². The molecular weight excluding hydrogens is 358 g/mol. The van der Waals surface area contributed by atoms with Gasteiger partial charge in [-0.15, -0.1) is 0 Å². The SMILES string of the molecule is COc1ccc(C(=O)c2cccc(N)c2Br)c(OC)c1Cl. The summed E-state index contributed by atoms with van der Waals surface area (Å²) in [5.41, 5.74) is 7.07. The normalized spacial score (nSPS) is 10.3. The maximum atomic E-state index is 12.7. The number of ether oxygens (including phenoxy) is 2. The molecule has 0 saturated heterocycles. The van der Waals surface area contributed by atoms with E-state index in [-0.39, 0.29) is 16.6 Å². The van der Waals surface area contributed by atoms with Crippen molar-refractivity contribution in [3.8, 4) is 11.5 Å². The lowest BCUT2D eigenvalue weighted by atomic mass is 10.0. The topological polar surface area (TPSA) is 61.5 Å². The number of nitrogens with two attached hydrogens (primary N) is 1. The molecule has 2 rings (SSSR count). The first-order valence-corrected chi connectivity index (χ1v) is 7.17. The number of hydrogen-bond acceptors (Lipinski definition) is 4. The summed E-state index contributed by atoms with van der Waals surface area (Å²) in [7, 11) is 2.95. The molecule has 0 aliphatic heterocycles. The molecule has 4 nitrogen and oxygen atoms in total. The highest BCUT2D eigenvalue weighted by Gasteiger charge is 2.21. The third kappa shape index (κ3) is 2.84. The Morgan fingerprint density at radius 2 is 1.86 bits per heavy atom. The molecule has 0 spiro atoms. The van der Waals surface area contributed by atoms with Crippen LogP contribution in [0.3, 0.4) is 0 Å². The summed E-state index contributed by atoms with van der Waals surface area (Å²) < 4.78 is 10.9. The fourth-order valence-corrected chi connectivity index (χ4v) is 2.71. The summed E-state index contributed by atoms with van der Waals surface area (Å²) in [6.45, 7) is 0. The standard InChI is InChI=1S/C15H13BrClNO3/c1-20-11-7-6-9(15(21-2)13(11)17)14(19)8-4-3-5-10(18)12(8)16/h3-7H,18H2,1-2H3. The van der Waals surface area contributed by atoms with Crippen molar-refractivity contribution in [1.82, 2.24) is 0 Å². The van der Waals surface area contributed by atoms with Gasteiger partial charge in [0.2, 0.25) is 0 Å². The molecule has 0 saturated carbocycles. The van der Waals surface area contributed by atoms with Gasteiger partial charge < -0.3 is 15.2 Å². The van der Waals surface area contributed by atoms with Crippen molar-refractivity contribution < 1.29 is 14.3 Å². The van der Waals surface area contributed by atoms with Crippen LogP contribution in [0.1, 0.15) is 15.9 Å². The predicted molar refractivity (Wildman–Crippen MR) is 86.5 cm³/mol. The van der Waals surface area contributed by atoms with Crippen molar-refractivity contribution in [3.05, 3.63) is 51.0 Å². The van der Waals surface area contributed by atoms with Crippen LogP contribution in [0.25, 0.3) is 0 Å². The van der Waals surface area contributed by atoms with Crippen LogP contribution >= 0.6 is 27.5 Å². The number of rotatable bonds is 4. The van der Waals surface area contributed by atoms with Gasteiger partial charge in [-0.2, -0.15) is 0 Å². The van der Waals surface area contributed by atoms with E-state index in [2.05, 4.69) is 15.9 Å². The Balaban J connectivity index is 2.59. The van der Waals surface area contributed by atoms with Gasteiger partial charge in [0.15, 0.2) is 11.5 Å². The van der Waals surface area contributed by atoms with Crippen LogP contribution in [-0.2, 0) is 0 Å². The summed E-state index contributed by atoms with van der Waals surface area (Å²) in [6, 6.07) is 8.34. The van der Waals surface area contributed by atoms with Gasteiger partial charge in [-0.25, -0.2) is 0 Å². The summed E-state index contributed by atoms with van der Waals surface area (Å²) in [5, 5.41) is 0.255. The Bertz CT molecular complexity index is 704. The average molecular weight is 371 g/mol. The van der Waals surface area contributed by atoms with Crippen molar-refractivity contribution >= 4 is 39.0 Å². The Labute approximate surface area is 135 Å². The van der Waals surface area contributed by atoms with Crippen LogP contribution in [-0.4, -0.2) is 20.0 Å². The minimum Gasteiger partial charge on any atom is -0.495 e. The van der Waals surface area contributed by atoms with E-state index in [1.54, 1.807) is 30.3 Å². The molecule has 2 aromatic carbocycles. The number of nitrogen functional groups attached to an aromatic ring is 1. The number of anilines is 1. The smallest absolute Gasteiger partial charge is 0.198 e. The fraction of sp³-hybridized carbons (Fsp3) is 0.133. The lowest BCUT2D eigenvalue weighted by molar-refractivity contribution is 0.103. The van der Waals surface area contributed by atoms with E-state index in [0.717, 1.165) is 0 Å². The quantitative estimate of drug-likeness (QED) is 0.654. The van der Waals surface area contributed by atoms with Crippen LogP contribution in [0, 0.1) is 0 Å². The molecule has 0 bridgehead atoms. The number of carbonyl (C=O) groups excluding carboxylic acids is 1. The Morgan fingerprint density at radius 3 is 2.48 bits per heavy atom. The second-order valence-corrected chi connectivity index (χ2v) is 5.37. The van der Waals surface area contributed by atoms with Crippen molar-refractivity contribution in [2.45, 2.75) is 0 Å². The van der Waals surface area contributed by atoms with Gasteiger partial charge in [-0.05, 0) is 40.2 Å². The van der Waals surface area contributed by atoms with Crippen molar-refractivity contribution in [2.24, 2.45) is 0 Å². The second kappa shape index (κ2) is 6.37. The molecule has 2 aromatic rings. The highest BCUT2D eigenvalue weighted by Crippen LogP contribution is 2.38. The van der Waals surface area contributed by atoms with Crippen LogP contribution in [0.5, 0.6) is 11.5 Å². The highest BCUT2D eigenvalue weighted by atomic mass is 79.9. The zero-order chi connectivity index (χ0) is 15.6. The number of halogens is 2. The first-order chi connectivity index (χ1) is 10.0. The molecule has 0 fully saturated rings. The van der Waals surface area contributed by atoms with E-state index in [0.29, 0.717) is 27.0 Å². The molecule has 2 N–H and O–H groups in total. The predicted octanol–water partition coefficient (Wildman–Crippen LogP) is 3.93. The zero-order valence-corrected chi connectivity index (χ0v) is 13.8. The van der Waals surface area contributed by atoms with E-state index in [1.807, 2.05) is 0 Å². The van der Waals surface area contributed by atoms with Crippen molar-refractivity contribution in [3.63, 3.8) is 0 Å². The van der Waals surface area contributed by atoms with E-state index >= 15 is 0 Å². The van der Waals surface area contributed by atoms with E-state index < -0.39 is 0 Å². The molecule has 0 atom stereocenters. The molecule has 0 heterocycles. The highest BCUT2D eigenvalue weighted by molar-refractivity contribution is 9.10. The third-order valence-corrected chi connectivity index (χ3v) is 4.25. The molecular formula is C15H13BrClNO3. The average Bonchev–Trinajstić information content (AvgIpc) is 2.49. The number of methoxy groups -OCH3 is 2. The molecule has 0 aliphatic carbocycles. The summed E-state index contributed by atoms with van der Waals surface area (Å²) >= 11 is 9.51. The molecule has 0 unspecified atom stereocenters. The van der Waals surface area contributed by atoms with Crippen molar-refractivity contribution in [2.75, 3.05) is 20.0 Å². The molecule has 0 aromatic heterocycles. The van der Waals surface area contributed by atoms with Gasteiger partial charge in [-0.3, -0.25) is 4.79 Å². The summed E-state index contributed by atoms with van der Waals surface area (Å²) in [5.74, 6) is 0.475. The van der Waals surface area contributed by atoms with Gasteiger partial charge in [0.25, 0.3) is 0 Å². The number of benzene rings is 2. The van der Waals surface area contributed by atoms with E-state index in [9.17, 15) is 4.79 Å². The molecule has 0 aliphatic rings. The number of carbonyl (C=O) groups is 1. The van der Waals surface area contributed by atoms with Crippen molar-refractivity contribution in [1.29, 1.82) is 0 Å². The lowest BCUT2D eigenvalue weighted by Crippen LogP contribution is -2.07. The molecule has 6 heteroatoms. The fourth-order valence-electron chi connectivity index (χ4n) is 1.94. The number of ketones is 1. The molecule has 0 radical (unpaired) electrons. The van der Waals surface area contributed by atoms with Gasteiger partial charge >= 0.3 is 0 Å². The Kier molecular flexibility index (Phi) is 4.75. The maximum absolute atomic E-state index is 12.7. The first kappa shape index (κ1) is 15.7. The monoisotopic (exact) mass is 369 g/mol. The lowest BCUT2D eigenvalue weighted by Gasteiger charge is -2.13.